The van der Waals surface area contributed by atoms with Gasteiger partial charge >= 0.3 is 0 Å². The molecular weight excluding hydrogens is 357 g/mol. The standard InChI is InChI=1S/C20H19Cl2NO2/c1-12-9-13(21)10-17(22)14(12)4-5-18(24)15-6-7-20(11-25-20)19-16(15)3-2-8-23-19/h2-3,8-10,15H,4-7,11H2,1H3. The van der Waals surface area contributed by atoms with E-state index < -0.39 is 0 Å². The lowest BCUT2D eigenvalue weighted by molar-refractivity contribution is -0.120. The predicted octanol–water partition coefficient (Wildman–Crippen LogP) is 5.00. The van der Waals surface area contributed by atoms with Crippen molar-refractivity contribution in [2.75, 3.05) is 6.61 Å². The minimum Gasteiger partial charge on any atom is -0.363 e. The summed E-state index contributed by atoms with van der Waals surface area (Å²) in [6.07, 6.45) is 4.58. The van der Waals surface area contributed by atoms with Crippen LogP contribution in [0.3, 0.4) is 0 Å². The summed E-state index contributed by atoms with van der Waals surface area (Å²) in [5, 5.41) is 1.26. The molecule has 1 aromatic heterocycles. The molecular formula is C20H19Cl2NO2. The number of epoxide rings is 1. The van der Waals surface area contributed by atoms with Crippen LogP contribution in [0.25, 0.3) is 0 Å². The van der Waals surface area contributed by atoms with E-state index in [1.165, 1.54) is 0 Å². The van der Waals surface area contributed by atoms with E-state index in [0.717, 1.165) is 41.8 Å². The van der Waals surface area contributed by atoms with Crippen LogP contribution in [0.2, 0.25) is 10.0 Å². The molecule has 0 N–H and O–H groups in total. The Balaban J connectivity index is 1.53. The molecule has 0 bridgehead atoms. The highest BCUT2D eigenvalue weighted by atomic mass is 35.5. The molecule has 1 aliphatic carbocycles. The number of ether oxygens (including phenoxy) is 1. The minimum absolute atomic E-state index is 0.0927. The third kappa shape index (κ3) is 3.10. The average Bonchev–Trinajstić information content (AvgIpc) is 3.35. The molecule has 2 aromatic rings. The maximum atomic E-state index is 12.9. The molecule has 5 heteroatoms. The van der Waals surface area contributed by atoms with Gasteiger partial charge in [-0.2, -0.15) is 0 Å². The molecule has 130 valence electrons. The summed E-state index contributed by atoms with van der Waals surface area (Å²) < 4.78 is 5.66. The number of nitrogens with zero attached hydrogens (tertiary/aromatic N) is 1. The van der Waals surface area contributed by atoms with E-state index in [4.69, 9.17) is 27.9 Å². The molecule has 1 aliphatic heterocycles. The number of pyridine rings is 1. The van der Waals surface area contributed by atoms with Crippen molar-refractivity contribution < 1.29 is 9.53 Å². The number of carbonyl (C=O) groups is 1. The quantitative estimate of drug-likeness (QED) is 0.705. The van der Waals surface area contributed by atoms with Crippen molar-refractivity contribution in [1.29, 1.82) is 0 Å². The van der Waals surface area contributed by atoms with Gasteiger partial charge in [0.25, 0.3) is 0 Å². The van der Waals surface area contributed by atoms with Crippen LogP contribution in [-0.4, -0.2) is 17.4 Å². The van der Waals surface area contributed by atoms with E-state index in [1.807, 2.05) is 25.1 Å². The average molecular weight is 376 g/mol. The molecule has 0 saturated carbocycles. The molecule has 2 unspecified atom stereocenters. The summed E-state index contributed by atoms with van der Waals surface area (Å²) in [4.78, 5) is 17.4. The third-order valence-electron chi connectivity index (χ3n) is 5.37. The molecule has 2 atom stereocenters. The molecule has 2 heterocycles. The second-order valence-electron chi connectivity index (χ2n) is 6.96. The number of aryl methyl sites for hydroxylation is 1. The van der Waals surface area contributed by atoms with Crippen molar-refractivity contribution in [3.8, 4) is 0 Å². The van der Waals surface area contributed by atoms with Crippen LogP contribution >= 0.6 is 23.2 Å². The van der Waals surface area contributed by atoms with E-state index in [9.17, 15) is 4.79 Å². The van der Waals surface area contributed by atoms with E-state index in [0.29, 0.717) is 22.9 Å². The van der Waals surface area contributed by atoms with Crippen molar-refractivity contribution in [3.63, 3.8) is 0 Å². The normalized spacial score (nSPS) is 24.2. The molecule has 3 nitrogen and oxygen atoms in total. The Labute approximate surface area is 157 Å². The van der Waals surface area contributed by atoms with Gasteiger partial charge in [0.1, 0.15) is 11.4 Å². The number of Topliss-reactive ketones (excluding diaryl/α,β-unsaturated/α-hetero) is 1. The van der Waals surface area contributed by atoms with E-state index >= 15 is 0 Å². The number of hydrogen-bond acceptors (Lipinski definition) is 3. The highest BCUT2D eigenvalue weighted by molar-refractivity contribution is 6.35. The van der Waals surface area contributed by atoms with Gasteiger partial charge in [0, 0.05) is 28.6 Å². The van der Waals surface area contributed by atoms with Crippen molar-refractivity contribution in [1.82, 2.24) is 4.98 Å². The predicted molar refractivity (Wildman–Crippen MR) is 98.4 cm³/mol. The fourth-order valence-electron chi connectivity index (χ4n) is 3.90. The molecule has 1 saturated heterocycles. The fourth-order valence-corrected chi connectivity index (χ4v) is 4.59. The minimum atomic E-state index is -0.219. The Kier molecular flexibility index (Phi) is 4.35. The summed E-state index contributed by atoms with van der Waals surface area (Å²) in [7, 11) is 0. The highest BCUT2D eigenvalue weighted by Gasteiger charge is 2.52. The van der Waals surface area contributed by atoms with E-state index in [2.05, 4.69) is 4.98 Å². The summed E-state index contributed by atoms with van der Waals surface area (Å²) >= 11 is 12.3. The van der Waals surface area contributed by atoms with Crippen LogP contribution < -0.4 is 0 Å². The zero-order chi connectivity index (χ0) is 17.6. The van der Waals surface area contributed by atoms with Gasteiger partial charge in [-0.15, -0.1) is 0 Å². The highest BCUT2D eigenvalue weighted by Crippen LogP contribution is 2.50. The maximum absolute atomic E-state index is 12.9. The molecule has 0 amide bonds. The van der Waals surface area contributed by atoms with Gasteiger partial charge in [-0.1, -0.05) is 29.3 Å². The van der Waals surface area contributed by atoms with Crippen LogP contribution in [0.4, 0.5) is 0 Å². The number of ketones is 1. The Hall–Kier alpha value is -1.42. The lowest BCUT2D eigenvalue weighted by Gasteiger charge is -2.28. The molecule has 1 spiro atoms. The fraction of sp³-hybridized carbons (Fsp3) is 0.400. The van der Waals surface area contributed by atoms with Gasteiger partial charge in [-0.3, -0.25) is 9.78 Å². The smallest absolute Gasteiger partial charge is 0.140 e. The van der Waals surface area contributed by atoms with E-state index in [-0.39, 0.29) is 17.3 Å². The summed E-state index contributed by atoms with van der Waals surface area (Å²) in [5.41, 5.74) is 3.81. The second-order valence-corrected chi connectivity index (χ2v) is 7.81. The lowest BCUT2D eigenvalue weighted by Crippen LogP contribution is -2.27. The first-order valence-electron chi connectivity index (χ1n) is 8.57. The molecule has 1 aromatic carbocycles. The molecule has 0 radical (unpaired) electrons. The first kappa shape index (κ1) is 17.0. The number of rotatable bonds is 4. The molecule has 25 heavy (non-hydrogen) atoms. The van der Waals surface area contributed by atoms with Crippen LogP contribution in [0.1, 0.15) is 47.6 Å². The van der Waals surface area contributed by atoms with Crippen molar-refractivity contribution >= 4 is 29.0 Å². The first-order chi connectivity index (χ1) is 12.0. The van der Waals surface area contributed by atoms with Crippen molar-refractivity contribution in [2.24, 2.45) is 0 Å². The zero-order valence-electron chi connectivity index (χ0n) is 14.0. The van der Waals surface area contributed by atoms with Gasteiger partial charge in [-0.25, -0.2) is 0 Å². The number of aromatic nitrogens is 1. The van der Waals surface area contributed by atoms with Gasteiger partial charge in [0.05, 0.1) is 12.3 Å². The monoisotopic (exact) mass is 375 g/mol. The van der Waals surface area contributed by atoms with Gasteiger partial charge in [0.15, 0.2) is 0 Å². The number of fused-ring (bicyclic) bond motifs is 2. The zero-order valence-corrected chi connectivity index (χ0v) is 15.5. The van der Waals surface area contributed by atoms with Gasteiger partial charge in [-0.05, 0) is 61.1 Å². The number of carbonyl (C=O) groups excluding carboxylic acids is 1. The SMILES string of the molecule is Cc1cc(Cl)cc(Cl)c1CCC(=O)C1CCC2(CO2)c2ncccc21. The Morgan fingerprint density at radius 2 is 2.20 bits per heavy atom. The lowest BCUT2D eigenvalue weighted by atomic mass is 9.76. The second kappa shape index (κ2) is 6.39. The summed E-state index contributed by atoms with van der Waals surface area (Å²) in [6.45, 7) is 2.70. The largest absolute Gasteiger partial charge is 0.363 e. The van der Waals surface area contributed by atoms with Gasteiger partial charge in [0.2, 0.25) is 0 Å². The Bertz CT molecular complexity index is 822. The van der Waals surface area contributed by atoms with E-state index in [1.54, 1.807) is 12.3 Å². The molecule has 4 rings (SSSR count). The summed E-state index contributed by atoms with van der Waals surface area (Å²) in [5.74, 6) is 0.153. The van der Waals surface area contributed by atoms with Crippen LogP contribution in [0, 0.1) is 6.92 Å². The van der Waals surface area contributed by atoms with Crippen LogP contribution in [0.5, 0.6) is 0 Å². The summed E-state index contributed by atoms with van der Waals surface area (Å²) in [6, 6.07) is 7.56. The molecule has 2 aliphatic rings. The van der Waals surface area contributed by atoms with Gasteiger partial charge < -0.3 is 4.74 Å². The van der Waals surface area contributed by atoms with Crippen LogP contribution in [0.15, 0.2) is 30.5 Å². The Morgan fingerprint density at radius 1 is 1.40 bits per heavy atom. The van der Waals surface area contributed by atoms with Crippen molar-refractivity contribution in [2.45, 2.75) is 44.1 Å². The van der Waals surface area contributed by atoms with Crippen LogP contribution in [-0.2, 0) is 21.6 Å². The third-order valence-corrected chi connectivity index (χ3v) is 5.92. The maximum Gasteiger partial charge on any atom is 0.140 e. The number of benzene rings is 1. The molecule has 1 fully saturated rings. The Morgan fingerprint density at radius 3 is 2.92 bits per heavy atom. The topological polar surface area (TPSA) is 42.5 Å². The van der Waals surface area contributed by atoms with Crippen molar-refractivity contribution in [3.05, 3.63) is 62.9 Å². The first-order valence-corrected chi connectivity index (χ1v) is 9.32. The number of hydrogen-bond donors (Lipinski definition) is 0. The number of halogens is 2.